The molecule has 0 saturated heterocycles. The van der Waals surface area contributed by atoms with Gasteiger partial charge in [0.25, 0.3) is 5.91 Å². The summed E-state index contributed by atoms with van der Waals surface area (Å²) in [5.74, 6) is -0.108. The summed E-state index contributed by atoms with van der Waals surface area (Å²) in [6.07, 6.45) is 0.906. The number of aromatic nitrogens is 1. The molecule has 0 spiro atoms. The molecule has 1 amide bonds. The third-order valence-electron chi connectivity index (χ3n) is 2.82. The van der Waals surface area contributed by atoms with Gasteiger partial charge in [-0.05, 0) is 39.2 Å². The summed E-state index contributed by atoms with van der Waals surface area (Å²) in [5, 5.41) is 0.329. The largest absolute Gasteiger partial charge is 0.383 e. The normalized spacial score (nSPS) is 10.8. The van der Waals surface area contributed by atoms with Crippen LogP contribution in [0.25, 0.3) is 0 Å². The molecule has 1 aromatic rings. The van der Waals surface area contributed by atoms with Gasteiger partial charge in [0.15, 0.2) is 0 Å². The molecule has 0 saturated carbocycles. The van der Waals surface area contributed by atoms with E-state index in [1.54, 1.807) is 30.2 Å². The molecule has 1 heterocycles. The van der Waals surface area contributed by atoms with Crippen LogP contribution in [-0.2, 0) is 4.74 Å². The van der Waals surface area contributed by atoms with Crippen LogP contribution < -0.4 is 0 Å². The lowest BCUT2D eigenvalue weighted by atomic mass is 10.3. The van der Waals surface area contributed by atoms with E-state index in [4.69, 9.17) is 16.3 Å². The maximum Gasteiger partial charge on any atom is 0.272 e. The van der Waals surface area contributed by atoms with Gasteiger partial charge < -0.3 is 14.5 Å². The van der Waals surface area contributed by atoms with Gasteiger partial charge in [-0.3, -0.25) is 4.79 Å². The lowest BCUT2D eigenvalue weighted by Gasteiger charge is -2.23. The van der Waals surface area contributed by atoms with Crippen LogP contribution in [-0.4, -0.2) is 68.1 Å². The molecule has 0 aliphatic heterocycles. The molecule has 0 aromatic carbocycles. The van der Waals surface area contributed by atoms with E-state index in [0.717, 1.165) is 13.0 Å². The number of nitrogens with zero attached hydrogens (tertiary/aromatic N) is 3. The van der Waals surface area contributed by atoms with E-state index in [9.17, 15) is 4.79 Å². The van der Waals surface area contributed by atoms with Crippen molar-refractivity contribution in [1.29, 1.82) is 0 Å². The number of rotatable bonds is 8. The fourth-order valence-electron chi connectivity index (χ4n) is 1.78. The maximum absolute atomic E-state index is 12.4. The summed E-state index contributed by atoms with van der Waals surface area (Å²) in [6.45, 7) is 2.67. The van der Waals surface area contributed by atoms with Gasteiger partial charge in [0.05, 0.1) is 6.61 Å². The minimum atomic E-state index is -0.108. The molecule has 0 fully saturated rings. The summed E-state index contributed by atoms with van der Waals surface area (Å²) in [6, 6.07) is 5.07. The lowest BCUT2D eigenvalue weighted by Crippen LogP contribution is -2.36. The SMILES string of the molecule is COCCN(CCCN(C)C)C(=O)c1cccc(Cl)n1. The quantitative estimate of drug-likeness (QED) is 0.687. The molecule has 0 aliphatic carbocycles. The van der Waals surface area contributed by atoms with Crippen molar-refractivity contribution < 1.29 is 9.53 Å². The fourth-order valence-corrected chi connectivity index (χ4v) is 1.95. The molecule has 0 bridgehead atoms. The molecule has 20 heavy (non-hydrogen) atoms. The van der Waals surface area contributed by atoms with Crippen LogP contribution in [0.2, 0.25) is 5.15 Å². The Morgan fingerprint density at radius 3 is 2.65 bits per heavy atom. The molecule has 1 aromatic heterocycles. The van der Waals surface area contributed by atoms with Gasteiger partial charge in [0.1, 0.15) is 10.8 Å². The van der Waals surface area contributed by atoms with Gasteiger partial charge in [-0.1, -0.05) is 17.7 Å². The van der Waals surface area contributed by atoms with Crippen molar-refractivity contribution in [2.45, 2.75) is 6.42 Å². The zero-order valence-electron chi connectivity index (χ0n) is 12.3. The van der Waals surface area contributed by atoms with Crippen LogP contribution in [0.5, 0.6) is 0 Å². The van der Waals surface area contributed by atoms with Crippen LogP contribution in [0, 0.1) is 0 Å². The molecule has 1 rings (SSSR count). The van der Waals surface area contributed by atoms with E-state index in [0.29, 0.717) is 30.5 Å². The summed E-state index contributed by atoms with van der Waals surface area (Å²) in [7, 11) is 5.65. The first-order valence-corrected chi connectivity index (χ1v) is 6.98. The molecular formula is C14H22ClN3O2. The zero-order valence-corrected chi connectivity index (χ0v) is 13.1. The second kappa shape index (κ2) is 8.89. The van der Waals surface area contributed by atoms with Crippen molar-refractivity contribution >= 4 is 17.5 Å². The first-order chi connectivity index (χ1) is 9.54. The van der Waals surface area contributed by atoms with Crippen molar-refractivity contribution in [3.8, 4) is 0 Å². The van der Waals surface area contributed by atoms with E-state index < -0.39 is 0 Å². The van der Waals surface area contributed by atoms with Crippen LogP contribution in [0.4, 0.5) is 0 Å². The molecule has 6 heteroatoms. The highest BCUT2D eigenvalue weighted by Crippen LogP contribution is 2.08. The van der Waals surface area contributed by atoms with E-state index in [1.165, 1.54) is 0 Å². The first-order valence-electron chi connectivity index (χ1n) is 6.60. The van der Waals surface area contributed by atoms with Crippen molar-refractivity contribution in [3.63, 3.8) is 0 Å². The van der Waals surface area contributed by atoms with E-state index in [-0.39, 0.29) is 5.91 Å². The highest BCUT2D eigenvalue weighted by atomic mass is 35.5. The first kappa shape index (κ1) is 16.9. The number of carbonyl (C=O) groups excluding carboxylic acids is 1. The Bertz CT molecular complexity index is 427. The summed E-state index contributed by atoms with van der Waals surface area (Å²) >= 11 is 5.83. The van der Waals surface area contributed by atoms with Gasteiger partial charge in [-0.15, -0.1) is 0 Å². The van der Waals surface area contributed by atoms with Gasteiger partial charge in [-0.2, -0.15) is 0 Å². The average molecular weight is 300 g/mol. The maximum atomic E-state index is 12.4. The average Bonchev–Trinajstić information content (AvgIpc) is 2.41. The Morgan fingerprint density at radius 1 is 1.30 bits per heavy atom. The monoisotopic (exact) mass is 299 g/mol. The smallest absolute Gasteiger partial charge is 0.272 e. The number of halogens is 1. The van der Waals surface area contributed by atoms with E-state index in [2.05, 4.69) is 9.88 Å². The lowest BCUT2D eigenvalue weighted by molar-refractivity contribution is 0.0683. The number of carbonyl (C=O) groups is 1. The number of hydrogen-bond donors (Lipinski definition) is 0. The molecule has 0 atom stereocenters. The second-order valence-electron chi connectivity index (χ2n) is 4.79. The zero-order chi connectivity index (χ0) is 15.0. The standard InChI is InChI=1S/C14H22ClN3O2/c1-17(2)8-5-9-18(10-11-20-3)14(19)12-6-4-7-13(15)16-12/h4,6-7H,5,8-11H2,1-3H3. The number of methoxy groups -OCH3 is 1. The van der Waals surface area contributed by atoms with Crippen LogP contribution in [0.3, 0.4) is 0 Å². The Morgan fingerprint density at radius 2 is 2.05 bits per heavy atom. The molecule has 0 N–H and O–H groups in total. The molecule has 0 unspecified atom stereocenters. The van der Waals surface area contributed by atoms with Crippen LogP contribution in [0.15, 0.2) is 18.2 Å². The number of ether oxygens (including phenoxy) is 1. The molecular weight excluding hydrogens is 278 g/mol. The minimum absolute atomic E-state index is 0.108. The summed E-state index contributed by atoms with van der Waals surface area (Å²) in [4.78, 5) is 20.3. The molecule has 5 nitrogen and oxygen atoms in total. The Balaban J connectivity index is 2.68. The third-order valence-corrected chi connectivity index (χ3v) is 3.03. The number of pyridine rings is 1. The van der Waals surface area contributed by atoms with Crippen LogP contribution in [0.1, 0.15) is 16.9 Å². The topological polar surface area (TPSA) is 45.7 Å². The van der Waals surface area contributed by atoms with Gasteiger partial charge in [0.2, 0.25) is 0 Å². The van der Waals surface area contributed by atoms with Crippen molar-refractivity contribution in [2.24, 2.45) is 0 Å². The highest BCUT2D eigenvalue weighted by Gasteiger charge is 2.16. The second-order valence-corrected chi connectivity index (χ2v) is 5.17. The van der Waals surface area contributed by atoms with Gasteiger partial charge >= 0.3 is 0 Å². The summed E-state index contributed by atoms with van der Waals surface area (Å²) < 4.78 is 5.06. The van der Waals surface area contributed by atoms with Crippen molar-refractivity contribution in [2.75, 3.05) is 47.4 Å². The fraction of sp³-hybridized carbons (Fsp3) is 0.571. The minimum Gasteiger partial charge on any atom is -0.383 e. The van der Waals surface area contributed by atoms with Gasteiger partial charge in [0, 0.05) is 20.2 Å². The Hall–Kier alpha value is -1.17. The number of amides is 1. The predicted molar refractivity (Wildman–Crippen MR) is 80.2 cm³/mol. The van der Waals surface area contributed by atoms with Gasteiger partial charge in [-0.25, -0.2) is 4.98 Å². The van der Waals surface area contributed by atoms with Crippen molar-refractivity contribution in [1.82, 2.24) is 14.8 Å². The molecule has 112 valence electrons. The molecule has 0 aliphatic rings. The third kappa shape index (κ3) is 5.86. The number of hydrogen-bond acceptors (Lipinski definition) is 4. The Kier molecular flexibility index (Phi) is 7.51. The van der Waals surface area contributed by atoms with E-state index >= 15 is 0 Å². The highest BCUT2D eigenvalue weighted by molar-refractivity contribution is 6.29. The predicted octanol–water partition coefficient (Wildman–Crippen LogP) is 1.78. The molecule has 0 radical (unpaired) electrons. The Labute approximate surface area is 125 Å². The van der Waals surface area contributed by atoms with Crippen molar-refractivity contribution in [3.05, 3.63) is 29.0 Å². The summed E-state index contributed by atoms with van der Waals surface area (Å²) in [5.41, 5.74) is 0.374. The van der Waals surface area contributed by atoms with E-state index in [1.807, 2.05) is 14.1 Å². The van der Waals surface area contributed by atoms with Crippen LogP contribution >= 0.6 is 11.6 Å².